The third-order valence-electron chi connectivity index (χ3n) is 10.6. The molecule has 0 bridgehead atoms. The first-order valence-corrected chi connectivity index (χ1v) is 21.3. The lowest BCUT2D eigenvalue weighted by molar-refractivity contribution is -0.153. The summed E-state index contributed by atoms with van der Waals surface area (Å²) in [6.07, 6.45) is -1.28. The fraction of sp³-hybridized carbons (Fsp3) is 0.489. The van der Waals surface area contributed by atoms with Crippen LogP contribution in [-0.4, -0.2) is 89.0 Å². The Balaban J connectivity index is 1.37. The highest BCUT2D eigenvalue weighted by Crippen LogP contribution is 2.40. The van der Waals surface area contributed by atoms with E-state index in [4.69, 9.17) is 28.4 Å². The van der Waals surface area contributed by atoms with Crippen molar-refractivity contribution in [2.75, 3.05) is 26.1 Å². The molecule has 3 aromatic carbocycles. The molecule has 2 aliphatic rings. The number of carbonyl (C=O) groups excluding carboxylic acids is 3. The van der Waals surface area contributed by atoms with Crippen LogP contribution < -0.4 is 0 Å². The van der Waals surface area contributed by atoms with Gasteiger partial charge in [-0.1, -0.05) is 68.1 Å². The Morgan fingerprint density at radius 2 is 1.44 bits per heavy atom. The maximum atomic E-state index is 13.9. The molecule has 0 radical (unpaired) electrons. The molecule has 0 unspecified atom stereocenters. The molecule has 0 amide bonds. The van der Waals surface area contributed by atoms with Gasteiger partial charge in [0.05, 0.1) is 64.3 Å². The predicted octanol–water partition coefficient (Wildman–Crippen LogP) is 7.44. The minimum Gasteiger partial charge on any atom is -0.465 e. The number of ether oxygens (including phenoxy) is 6. The van der Waals surface area contributed by atoms with Crippen LogP contribution in [0, 0.1) is 17.3 Å². The van der Waals surface area contributed by atoms with Gasteiger partial charge in [-0.2, -0.15) is 0 Å². The van der Waals surface area contributed by atoms with Crippen LogP contribution in [0.2, 0.25) is 0 Å². The highest BCUT2D eigenvalue weighted by atomic mass is 32.2. The zero-order chi connectivity index (χ0) is 41.2. The molecule has 2 heterocycles. The fourth-order valence-corrected chi connectivity index (χ4v) is 9.06. The summed E-state index contributed by atoms with van der Waals surface area (Å²) in [5, 5.41) is 0. The van der Waals surface area contributed by atoms with E-state index in [0.29, 0.717) is 30.4 Å². The minimum absolute atomic E-state index is 0.0519. The van der Waals surface area contributed by atoms with Gasteiger partial charge in [-0.3, -0.25) is 4.79 Å². The number of methoxy groups -OCH3 is 1. The molecule has 308 valence electrons. The summed E-state index contributed by atoms with van der Waals surface area (Å²) in [4.78, 5) is 38.8. The second-order valence-corrected chi connectivity index (χ2v) is 18.0. The van der Waals surface area contributed by atoms with Crippen molar-refractivity contribution >= 4 is 27.7 Å². The van der Waals surface area contributed by atoms with E-state index in [-0.39, 0.29) is 48.3 Å². The maximum Gasteiger partial charge on any atom is 0.338 e. The van der Waals surface area contributed by atoms with Crippen molar-refractivity contribution in [2.45, 2.75) is 101 Å². The van der Waals surface area contributed by atoms with Gasteiger partial charge in [-0.25, -0.2) is 18.0 Å². The number of hydrogen-bond acceptors (Lipinski definition) is 11. The Kier molecular flexibility index (Phi) is 15.3. The zero-order valence-electron chi connectivity index (χ0n) is 33.5. The van der Waals surface area contributed by atoms with Crippen LogP contribution in [0.4, 0.5) is 0 Å². The molecule has 57 heavy (non-hydrogen) atoms. The van der Waals surface area contributed by atoms with Crippen molar-refractivity contribution < 1.29 is 51.2 Å². The molecule has 0 spiro atoms. The van der Waals surface area contributed by atoms with Crippen molar-refractivity contribution in [2.24, 2.45) is 17.3 Å². The molecule has 5 rings (SSSR count). The van der Waals surface area contributed by atoms with Gasteiger partial charge < -0.3 is 28.4 Å². The molecule has 0 saturated carbocycles. The van der Waals surface area contributed by atoms with Gasteiger partial charge in [-0.15, -0.1) is 0 Å². The smallest absolute Gasteiger partial charge is 0.338 e. The lowest BCUT2D eigenvalue weighted by Gasteiger charge is -2.38. The Morgan fingerprint density at radius 1 is 0.842 bits per heavy atom. The Labute approximate surface area is 336 Å². The Morgan fingerprint density at radius 3 is 2.04 bits per heavy atom. The van der Waals surface area contributed by atoms with Gasteiger partial charge in [0.1, 0.15) is 12.7 Å². The Bertz CT molecular complexity index is 1890. The van der Waals surface area contributed by atoms with Gasteiger partial charge in [-0.05, 0) is 87.9 Å². The van der Waals surface area contributed by atoms with Crippen LogP contribution in [0.1, 0.15) is 80.5 Å². The molecule has 0 aliphatic carbocycles. The molecule has 11 nitrogen and oxygen atoms in total. The molecular formula is C45H56O11S. The van der Waals surface area contributed by atoms with E-state index in [1.165, 1.54) is 7.11 Å². The summed E-state index contributed by atoms with van der Waals surface area (Å²) >= 11 is 0. The van der Waals surface area contributed by atoms with Crippen molar-refractivity contribution in [1.82, 2.24) is 0 Å². The highest BCUT2D eigenvalue weighted by Gasteiger charge is 2.49. The summed E-state index contributed by atoms with van der Waals surface area (Å²) in [6.45, 7) is 11.9. The molecule has 0 N–H and O–H groups in total. The molecular weight excluding hydrogens is 749 g/mol. The summed E-state index contributed by atoms with van der Waals surface area (Å²) in [6, 6.07) is 25.2. The van der Waals surface area contributed by atoms with E-state index in [2.05, 4.69) is 13.5 Å². The fourth-order valence-electron chi connectivity index (χ4n) is 7.38. The normalized spacial score (nSPS) is 24.4. The maximum absolute atomic E-state index is 13.9. The van der Waals surface area contributed by atoms with Gasteiger partial charge >= 0.3 is 17.9 Å². The summed E-state index contributed by atoms with van der Waals surface area (Å²) < 4.78 is 64.4. The second kappa shape index (κ2) is 19.9. The van der Waals surface area contributed by atoms with E-state index in [0.717, 1.165) is 12.0 Å². The average molecular weight is 805 g/mol. The summed E-state index contributed by atoms with van der Waals surface area (Å²) in [5.41, 5.74) is 0.966. The first-order chi connectivity index (χ1) is 27.2. The van der Waals surface area contributed by atoms with E-state index >= 15 is 0 Å². The minimum atomic E-state index is -3.81. The van der Waals surface area contributed by atoms with Crippen molar-refractivity contribution in [3.63, 3.8) is 0 Å². The molecule has 8 atom stereocenters. The van der Waals surface area contributed by atoms with E-state index in [1.807, 2.05) is 20.8 Å². The molecule has 0 aromatic heterocycles. The topological polar surface area (TPSA) is 141 Å². The Hall–Kier alpha value is -4.36. The van der Waals surface area contributed by atoms with Gasteiger partial charge in [0, 0.05) is 25.9 Å². The molecule has 2 aliphatic heterocycles. The van der Waals surface area contributed by atoms with E-state index < -0.39 is 63.6 Å². The lowest BCUT2D eigenvalue weighted by Crippen LogP contribution is -2.40. The van der Waals surface area contributed by atoms with Crippen LogP contribution in [0.25, 0.3) is 0 Å². The summed E-state index contributed by atoms with van der Waals surface area (Å²) in [5.74, 6) is -2.25. The number of sulfone groups is 1. The monoisotopic (exact) mass is 804 g/mol. The van der Waals surface area contributed by atoms with E-state index in [1.54, 1.807) is 91.0 Å². The van der Waals surface area contributed by atoms with Crippen molar-refractivity contribution in [3.8, 4) is 0 Å². The average Bonchev–Trinajstić information content (AvgIpc) is 3.51. The number of rotatable bonds is 17. The van der Waals surface area contributed by atoms with Crippen molar-refractivity contribution in [1.29, 1.82) is 0 Å². The first-order valence-electron chi connectivity index (χ1n) is 19.6. The standard InChI is InChI=1S/C45H56O11S/c1-30-25-34(21-16-24-52-44(48)45(3,4)5)54-38(31(30)2)27-39-37(29-57(49,50)36-22-14-9-15-23-36)41(51-6)40(56-39)26-35(55-43(47)33-19-12-8-13-20-33)28-53-42(46)32-17-10-7-11-18-32/h7-15,17-20,22-23,30,34-35,37-41H,2,16,21,24-29H2,1,3-6H3/t30-,34+,35+,37+,38-,39+,40-,41-/m1/s1. The predicted molar refractivity (Wildman–Crippen MR) is 214 cm³/mol. The molecule has 3 aromatic rings. The number of esters is 3. The van der Waals surface area contributed by atoms with Crippen molar-refractivity contribution in [3.05, 3.63) is 114 Å². The van der Waals surface area contributed by atoms with Crippen LogP contribution in [-0.2, 0) is 43.1 Å². The number of benzene rings is 3. The quantitative estimate of drug-likeness (QED) is 0.0582. The third-order valence-corrected chi connectivity index (χ3v) is 12.4. The SMILES string of the molecule is C=C1[C@H](C)C[C@H](CCCOC(=O)C(C)(C)C)O[C@@H]1C[C@@H]1O[C@H](C[C@@H](COC(=O)c2ccccc2)OC(=O)c2ccccc2)[C@H](OC)[C@H]1CS(=O)(=O)c1ccccc1. The second-order valence-electron chi connectivity index (χ2n) is 16.0. The molecule has 12 heteroatoms. The number of carbonyl (C=O) groups is 3. The molecule has 2 saturated heterocycles. The van der Waals surface area contributed by atoms with Crippen LogP contribution in [0.3, 0.4) is 0 Å². The zero-order valence-corrected chi connectivity index (χ0v) is 34.4. The highest BCUT2D eigenvalue weighted by molar-refractivity contribution is 7.91. The van der Waals surface area contributed by atoms with Gasteiger partial charge in [0.2, 0.25) is 0 Å². The third kappa shape index (κ3) is 12.1. The van der Waals surface area contributed by atoms with Crippen LogP contribution in [0.15, 0.2) is 108 Å². The van der Waals surface area contributed by atoms with Crippen LogP contribution in [0.5, 0.6) is 0 Å². The van der Waals surface area contributed by atoms with Crippen LogP contribution >= 0.6 is 0 Å². The first kappa shape index (κ1) is 43.8. The largest absolute Gasteiger partial charge is 0.465 e. The lowest BCUT2D eigenvalue weighted by atomic mass is 9.83. The summed E-state index contributed by atoms with van der Waals surface area (Å²) in [7, 11) is -2.30. The molecule has 2 fully saturated rings. The van der Waals surface area contributed by atoms with Gasteiger partial charge in [0.25, 0.3) is 0 Å². The van der Waals surface area contributed by atoms with E-state index in [9.17, 15) is 22.8 Å². The number of hydrogen-bond donors (Lipinski definition) is 0. The van der Waals surface area contributed by atoms with Gasteiger partial charge in [0.15, 0.2) is 9.84 Å².